The van der Waals surface area contributed by atoms with Crippen LogP contribution in [0.25, 0.3) is 0 Å². The lowest BCUT2D eigenvalue weighted by Crippen LogP contribution is -2.25. The molecule has 0 fully saturated rings. The van der Waals surface area contributed by atoms with E-state index < -0.39 is 22.0 Å². The lowest BCUT2D eigenvalue weighted by molar-refractivity contribution is 0.0154. The highest BCUT2D eigenvalue weighted by atomic mass is 32.2. The second-order valence-corrected chi connectivity index (χ2v) is 6.19. The predicted molar refractivity (Wildman–Crippen MR) is 56.2 cm³/mol. The van der Waals surface area contributed by atoms with Gasteiger partial charge in [0, 0.05) is 6.42 Å². The van der Waals surface area contributed by atoms with Crippen molar-refractivity contribution in [3.63, 3.8) is 0 Å². The zero-order valence-corrected chi connectivity index (χ0v) is 9.83. The molecule has 0 unspecified atom stereocenters. The molecule has 0 rings (SSSR count). The van der Waals surface area contributed by atoms with Crippen molar-refractivity contribution < 1.29 is 13.3 Å². The highest BCUT2D eigenvalue weighted by molar-refractivity contribution is 7.91. The molecule has 14 heavy (non-hydrogen) atoms. The zero-order valence-electron chi connectivity index (χ0n) is 9.01. The lowest BCUT2D eigenvalue weighted by atomic mass is 10.2. The molecule has 0 heterocycles. The normalized spacial score (nSPS) is 16.2. The SMILES string of the molecule is CC(F)(F)CC/C=N/[S@@+]([O-])C(C)(C)C. The minimum Gasteiger partial charge on any atom is -0.591 e. The van der Waals surface area contributed by atoms with Crippen LogP contribution in [-0.4, -0.2) is 21.4 Å². The van der Waals surface area contributed by atoms with Crippen molar-refractivity contribution in [1.82, 2.24) is 0 Å². The number of rotatable bonds is 4. The highest BCUT2D eigenvalue weighted by Crippen LogP contribution is 2.19. The summed E-state index contributed by atoms with van der Waals surface area (Å²) >= 11 is -1.34. The molecule has 0 amide bonds. The van der Waals surface area contributed by atoms with Crippen LogP contribution < -0.4 is 0 Å². The number of halogens is 2. The summed E-state index contributed by atoms with van der Waals surface area (Å²) in [6, 6.07) is 0. The lowest BCUT2D eigenvalue weighted by Gasteiger charge is -2.17. The largest absolute Gasteiger partial charge is 0.591 e. The maximum atomic E-state index is 12.3. The molecule has 0 aromatic rings. The highest BCUT2D eigenvalue weighted by Gasteiger charge is 2.26. The summed E-state index contributed by atoms with van der Waals surface area (Å²) in [5, 5.41) is 0. The second-order valence-electron chi connectivity index (χ2n) is 4.26. The molecule has 0 saturated heterocycles. The van der Waals surface area contributed by atoms with Crippen molar-refractivity contribution in [2.75, 3.05) is 0 Å². The van der Waals surface area contributed by atoms with Crippen molar-refractivity contribution in [1.29, 1.82) is 0 Å². The van der Waals surface area contributed by atoms with Crippen LogP contribution >= 0.6 is 0 Å². The van der Waals surface area contributed by atoms with E-state index in [1.54, 1.807) is 20.8 Å². The third-order valence-corrected chi connectivity index (χ3v) is 2.79. The molecule has 1 atom stereocenters. The summed E-state index contributed by atoms with van der Waals surface area (Å²) in [5.74, 6) is -2.67. The van der Waals surface area contributed by atoms with Crippen LogP contribution in [0.1, 0.15) is 40.5 Å². The van der Waals surface area contributed by atoms with E-state index in [9.17, 15) is 13.3 Å². The first-order chi connectivity index (χ1) is 6.13. The van der Waals surface area contributed by atoms with Gasteiger partial charge in [-0.25, -0.2) is 8.78 Å². The summed E-state index contributed by atoms with van der Waals surface area (Å²) in [4.78, 5) is 0. The first kappa shape index (κ1) is 13.8. The Kier molecular flexibility index (Phi) is 5.01. The maximum absolute atomic E-state index is 12.3. The smallest absolute Gasteiger partial charge is 0.245 e. The Balaban J connectivity index is 3.85. The van der Waals surface area contributed by atoms with Crippen molar-refractivity contribution >= 4 is 17.6 Å². The summed E-state index contributed by atoms with van der Waals surface area (Å²) < 4.78 is 39.3. The van der Waals surface area contributed by atoms with E-state index in [0.29, 0.717) is 0 Å². The summed E-state index contributed by atoms with van der Waals surface area (Å²) in [5.41, 5.74) is 0. The molecule has 0 aliphatic rings. The van der Waals surface area contributed by atoms with E-state index in [1.807, 2.05) is 0 Å². The monoisotopic (exact) mass is 225 g/mol. The first-order valence-corrected chi connectivity index (χ1v) is 5.56. The van der Waals surface area contributed by atoms with E-state index in [0.717, 1.165) is 6.92 Å². The number of hydrogen-bond donors (Lipinski definition) is 0. The fraction of sp³-hybridized carbons (Fsp3) is 0.889. The third kappa shape index (κ3) is 7.26. The van der Waals surface area contributed by atoms with E-state index in [-0.39, 0.29) is 12.8 Å². The minimum absolute atomic E-state index is 0.158. The van der Waals surface area contributed by atoms with Gasteiger partial charge in [-0.05, 0) is 34.1 Å². The van der Waals surface area contributed by atoms with E-state index in [1.165, 1.54) is 6.21 Å². The van der Waals surface area contributed by atoms with Crippen LogP contribution in [0, 0.1) is 0 Å². The fourth-order valence-electron chi connectivity index (χ4n) is 0.597. The third-order valence-electron chi connectivity index (χ3n) is 1.41. The molecule has 0 aromatic heterocycles. The molecule has 5 heteroatoms. The predicted octanol–water partition coefficient (Wildman–Crippen LogP) is 2.95. The zero-order chi connectivity index (χ0) is 11.4. The van der Waals surface area contributed by atoms with Crippen LogP contribution in [0.2, 0.25) is 0 Å². The number of hydrogen-bond acceptors (Lipinski definition) is 2. The van der Waals surface area contributed by atoms with Gasteiger partial charge >= 0.3 is 0 Å². The van der Waals surface area contributed by atoms with E-state index >= 15 is 0 Å². The Bertz CT molecular complexity index is 196. The van der Waals surface area contributed by atoms with Crippen molar-refractivity contribution in [2.45, 2.75) is 51.2 Å². The van der Waals surface area contributed by atoms with Gasteiger partial charge in [0.25, 0.3) is 0 Å². The minimum atomic E-state index is -2.67. The molecule has 0 aliphatic heterocycles. The van der Waals surface area contributed by atoms with Crippen LogP contribution in [0.5, 0.6) is 0 Å². The Morgan fingerprint density at radius 2 is 1.79 bits per heavy atom. The topological polar surface area (TPSA) is 35.4 Å². The van der Waals surface area contributed by atoms with Crippen LogP contribution in [0.15, 0.2) is 4.40 Å². The quantitative estimate of drug-likeness (QED) is 0.535. The average molecular weight is 225 g/mol. The van der Waals surface area contributed by atoms with Gasteiger partial charge in [0.15, 0.2) is 0 Å². The summed E-state index contributed by atoms with van der Waals surface area (Å²) in [6.07, 6.45) is 1.22. The average Bonchev–Trinajstić information content (AvgIpc) is 1.93. The fourth-order valence-corrected chi connectivity index (χ4v) is 1.15. The number of nitrogens with zero attached hydrogens (tertiary/aromatic N) is 1. The van der Waals surface area contributed by atoms with Gasteiger partial charge in [-0.3, -0.25) is 0 Å². The Hall–Kier alpha value is -0.160. The van der Waals surface area contributed by atoms with Gasteiger partial charge < -0.3 is 4.55 Å². The molecule has 0 N–H and O–H groups in total. The van der Waals surface area contributed by atoms with Gasteiger partial charge in [0.2, 0.25) is 5.92 Å². The second kappa shape index (κ2) is 5.07. The van der Waals surface area contributed by atoms with Crippen LogP contribution in [-0.2, 0) is 11.4 Å². The van der Waals surface area contributed by atoms with Gasteiger partial charge in [0.05, 0.1) is 6.21 Å². The first-order valence-electron chi connectivity index (χ1n) is 4.45. The standard InChI is InChI=1S/C9H17F2NOS/c1-8(2,3)14(13)12-7-5-6-9(4,10)11/h7H,5-6H2,1-4H3/b12-7+/t14-/m0/s1. The summed E-state index contributed by atoms with van der Waals surface area (Å²) in [6.45, 7) is 6.22. The molecule has 0 saturated carbocycles. The van der Waals surface area contributed by atoms with Crippen molar-refractivity contribution in [2.24, 2.45) is 4.40 Å². The van der Waals surface area contributed by atoms with Gasteiger partial charge in [0.1, 0.15) is 16.1 Å². The molecule has 0 bridgehead atoms. The molecular weight excluding hydrogens is 208 g/mol. The maximum Gasteiger partial charge on any atom is 0.245 e. The molecule has 84 valence electrons. The molecule has 0 spiro atoms. The van der Waals surface area contributed by atoms with Gasteiger partial charge in [-0.2, -0.15) is 0 Å². The Labute approximate surface area is 87.1 Å². The molecule has 2 nitrogen and oxygen atoms in total. The number of alkyl halides is 2. The van der Waals surface area contributed by atoms with Crippen molar-refractivity contribution in [3.8, 4) is 0 Å². The molecule has 0 radical (unpaired) electrons. The van der Waals surface area contributed by atoms with E-state index in [2.05, 4.69) is 4.40 Å². The van der Waals surface area contributed by atoms with Gasteiger partial charge in [-0.15, -0.1) is 0 Å². The molecular formula is C9H17F2NOS. The Morgan fingerprint density at radius 1 is 1.29 bits per heavy atom. The van der Waals surface area contributed by atoms with Crippen molar-refractivity contribution in [3.05, 3.63) is 0 Å². The van der Waals surface area contributed by atoms with Crippen LogP contribution in [0.4, 0.5) is 8.78 Å². The molecule has 0 aromatic carbocycles. The Morgan fingerprint density at radius 3 is 2.14 bits per heavy atom. The van der Waals surface area contributed by atoms with Gasteiger partial charge in [-0.1, -0.05) is 4.40 Å². The van der Waals surface area contributed by atoms with Crippen LogP contribution in [0.3, 0.4) is 0 Å². The summed E-state index contributed by atoms with van der Waals surface area (Å²) in [7, 11) is 0. The van der Waals surface area contributed by atoms with E-state index in [4.69, 9.17) is 0 Å². The molecule has 0 aliphatic carbocycles.